The van der Waals surface area contributed by atoms with Crippen molar-refractivity contribution in [1.82, 2.24) is 11.5 Å². The van der Waals surface area contributed by atoms with E-state index in [1.165, 1.54) is 44.9 Å². The molecule has 0 spiro atoms. The summed E-state index contributed by atoms with van der Waals surface area (Å²) in [5, 5.41) is 2.74. The minimum Gasteiger partial charge on any atom is -0.356 e. The first-order valence-electron chi connectivity index (χ1n) is 7.51. The fraction of sp³-hybridized carbons (Fsp3) is 0.867. The standard InChI is InChI=1S/C15H29NO2.H3N/c1-2-3-4-5-6-7-8-9-10-12-15(18)16-13-11-14-17;/h14H,2-13H2,1H3,(H,16,18);1H3. The van der Waals surface area contributed by atoms with Gasteiger partial charge in [-0.15, -0.1) is 0 Å². The summed E-state index contributed by atoms with van der Waals surface area (Å²) < 4.78 is 0. The van der Waals surface area contributed by atoms with E-state index in [4.69, 9.17) is 0 Å². The largest absolute Gasteiger partial charge is 0.356 e. The molecule has 0 aliphatic carbocycles. The van der Waals surface area contributed by atoms with Crippen LogP contribution in [0.4, 0.5) is 0 Å². The lowest BCUT2D eigenvalue weighted by Gasteiger charge is -2.03. The molecule has 0 aliphatic heterocycles. The topological polar surface area (TPSA) is 81.2 Å². The number of nitrogens with one attached hydrogen (secondary N) is 1. The third kappa shape index (κ3) is 17.1. The molecule has 114 valence electrons. The van der Waals surface area contributed by atoms with E-state index in [1.54, 1.807) is 0 Å². The van der Waals surface area contributed by atoms with Crippen LogP contribution in [0.15, 0.2) is 0 Å². The lowest BCUT2D eigenvalue weighted by atomic mass is 10.1. The molecule has 0 rings (SSSR count). The quantitative estimate of drug-likeness (QED) is 0.395. The molecule has 0 aromatic heterocycles. The summed E-state index contributed by atoms with van der Waals surface area (Å²) in [7, 11) is 0. The van der Waals surface area contributed by atoms with Gasteiger partial charge in [0.15, 0.2) is 0 Å². The molecular weight excluding hydrogens is 240 g/mol. The highest BCUT2D eigenvalue weighted by Crippen LogP contribution is 2.10. The minimum absolute atomic E-state index is 0. The maximum atomic E-state index is 11.3. The van der Waals surface area contributed by atoms with Crippen LogP contribution in [-0.2, 0) is 9.59 Å². The highest BCUT2D eigenvalue weighted by molar-refractivity contribution is 5.76. The second kappa shape index (κ2) is 17.1. The summed E-state index contributed by atoms with van der Waals surface area (Å²) in [6, 6.07) is 0. The number of hydrogen-bond donors (Lipinski definition) is 2. The highest BCUT2D eigenvalue weighted by atomic mass is 16.1. The van der Waals surface area contributed by atoms with E-state index in [0.29, 0.717) is 19.4 Å². The van der Waals surface area contributed by atoms with Gasteiger partial charge < -0.3 is 16.3 Å². The summed E-state index contributed by atoms with van der Waals surface area (Å²) in [6.45, 7) is 2.72. The van der Waals surface area contributed by atoms with Crippen LogP contribution >= 0.6 is 0 Å². The average Bonchev–Trinajstić information content (AvgIpc) is 2.37. The lowest BCUT2D eigenvalue weighted by Crippen LogP contribution is -2.24. The van der Waals surface area contributed by atoms with Crippen LogP contribution in [-0.4, -0.2) is 18.7 Å². The zero-order valence-corrected chi connectivity index (χ0v) is 12.6. The monoisotopic (exact) mass is 272 g/mol. The van der Waals surface area contributed by atoms with E-state index < -0.39 is 0 Å². The van der Waals surface area contributed by atoms with Crippen LogP contribution in [0.3, 0.4) is 0 Å². The van der Waals surface area contributed by atoms with Gasteiger partial charge in [0.05, 0.1) is 0 Å². The molecule has 0 radical (unpaired) electrons. The van der Waals surface area contributed by atoms with Crippen molar-refractivity contribution in [3.05, 3.63) is 0 Å². The molecule has 0 bridgehead atoms. The Labute approximate surface area is 118 Å². The molecule has 0 aromatic rings. The van der Waals surface area contributed by atoms with Crippen molar-refractivity contribution in [2.75, 3.05) is 6.54 Å². The van der Waals surface area contributed by atoms with Crippen LogP contribution in [0.2, 0.25) is 0 Å². The Morgan fingerprint density at radius 1 is 0.947 bits per heavy atom. The number of amides is 1. The summed E-state index contributed by atoms with van der Waals surface area (Å²) >= 11 is 0. The van der Waals surface area contributed by atoms with Crippen molar-refractivity contribution < 1.29 is 9.59 Å². The second-order valence-corrected chi connectivity index (χ2v) is 4.88. The molecule has 0 fully saturated rings. The van der Waals surface area contributed by atoms with E-state index in [0.717, 1.165) is 19.1 Å². The molecule has 1 amide bonds. The highest BCUT2D eigenvalue weighted by Gasteiger charge is 1.99. The normalized spacial score (nSPS) is 9.74. The summed E-state index contributed by atoms with van der Waals surface area (Å²) in [5.41, 5.74) is 0. The van der Waals surface area contributed by atoms with Crippen LogP contribution in [0.5, 0.6) is 0 Å². The molecule has 0 heterocycles. The number of rotatable bonds is 13. The number of hydrogen-bond acceptors (Lipinski definition) is 3. The lowest BCUT2D eigenvalue weighted by molar-refractivity contribution is -0.121. The van der Waals surface area contributed by atoms with Crippen LogP contribution < -0.4 is 11.5 Å². The predicted octanol–water partition coefficient (Wildman–Crippen LogP) is 3.77. The van der Waals surface area contributed by atoms with Gasteiger partial charge >= 0.3 is 0 Å². The first kappa shape index (κ1) is 20.4. The molecule has 0 saturated carbocycles. The van der Waals surface area contributed by atoms with Gasteiger partial charge in [0, 0.05) is 19.4 Å². The minimum atomic E-state index is 0. The second-order valence-electron chi connectivity index (χ2n) is 4.88. The molecule has 19 heavy (non-hydrogen) atoms. The van der Waals surface area contributed by atoms with Gasteiger partial charge in [-0.25, -0.2) is 0 Å². The Bertz CT molecular complexity index is 208. The van der Waals surface area contributed by atoms with Crippen LogP contribution in [0, 0.1) is 0 Å². The van der Waals surface area contributed by atoms with Crippen LogP contribution in [0.25, 0.3) is 0 Å². The zero-order chi connectivity index (χ0) is 13.5. The summed E-state index contributed by atoms with van der Waals surface area (Å²) in [6.07, 6.45) is 13.3. The van der Waals surface area contributed by atoms with E-state index in [2.05, 4.69) is 12.2 Å². The number of unbranched alkanes of at least 4 members (excludes halogenated alkanes) is 8. The van der Waals surface area contributed by atoms with Crippen molar-refractivity contribution >= 4 is 12.2 Å². The van der Waals surface area contributed by atoms with E-state index in [9.17, 15) is 9.59 Å². The van der Waals surface area contributed by atoms with E-state index in [1.807, 2.05) is 0 Å². The fourth-order valence-corrected chi connectivity index (χ4v) is 1.96. The third-order valence-corrected chi connectivity index (χ3v) is 3.09. The van der Waals surface area contributed by atoms with Crippen molar-refractivity contribution in [2.24, 2.45) is 0 Å². The molecule has 4 heteroatoms. The van der Waals surface area contributed by atoms with Crippen LogP contribution in [0.1, 0.15) is 77.6 Å². The summed E-state index contributed by atoms with van der Waals surface area (Å²) in [5.74, 6) is 0.0831. The van der Waals surface area contributed by atoms with Crippen molar-refractivity contribution in [1.29, 1.82) is 0 Å². The molecular formula is C15H32N2O2. The molecule has 0 aliphatic rings. The van der Waals surface area contributed by atoms with Gasteiger partial charge in [0.1, 0.15) is 6.29 Å². The summed E-state index contributed by atoms with van der Waals surface area (Å²) in [4.78, 5) is 21.4. The van der Waals surface area contributed by atoms with Gasteiger partial charge in [0.25, 0.3) is 0 Å². The molecule has 4 nitrogen and oxygen atoms in total. The first-order chi connectivity index (χ1) is 8.81. The number of carbonyl (C=O) groups excluding carboxylic acids is 2. The Kier molecular flexibility index (Phi) is 18.4. The third-order valence-electron chi connectivity index (χ3n) is 3.09. The van der Waals surface area contributed by atoms with E-state index in [-0.39, 0.29) is 12.1 Å². The molecule has 0 saturated heterocycles. The molecule has 0 atom stereocenters. The smallest absolute Gasteiger partial charge is 0.220 e. The van der Waals surface area contributed by atoms with Gasteiger partial charge in [-0.3, -0.25) is 4.79 Å². The van der Waals surface area contributed by atoms with Gasteiger partial charge in [-0.1, -0.05) is 58.3 Å². The van der Waals surface area contributed by atoms with Crippen molar-refractivity contribution in [3.63, 3.8) is 0 Å². The van der Waals surface area contributed by atoms with Crippen molar-refractivity contribution in [2.45, 2.75) is 77.6 Å². The molecule has 4 N–H and O–H groups in total. The average molecular weight is 272 g/mol. The van der Waals surface area contributed by atoms with Gasteiger partial charge in [-0.05, 0) is 6.42 Å². The van der Waals surface area contributed by atoms with E-state index >= 15 is 0 Å². The van der Waals surface area contributed by atoms with Gasteiger partial charge in [0.2, 0.25) is 5.91 Å². The molecule has 0 aromatic carbocycles. The maximum Gasteiger partial charge on any atom is 0.220 e. The Balaban J connectivity index is 0. The van der Waals surface area contributed by atoms with Gasteiger partial charge in [-0.2, -0.15) is 0 Å². The predicted molar refractivity (Wildman–Crippen MR) is 80.6 cm³/mol. The number of carbonyl (C=O) groups is 2. The Morgan fingerprint density at radius 3 is 2.00 bits per heavy atom. The Morgan fingerprint density at radius 2 is 1.47 bits per heavy atom. The van der Waals surface area contributed by atoms with Crippen molar-refractivity contribution in [3.8, 4) is 0 Å². The SMILES string of the molecule is CCCCCCCCCCCC(=O)NCCC=O.N. The maximum absolute atomic E-state index is 11.3. The molecule has 0 unspecified atom stereocenters. The zero-order valence-electron chi connectivity index (χ0n) is 12.6. The Hall–Kier alpha value is -0.900. The number of aldehydes is 1. The fourth-order valence-electron chi connectivity index (χ4n) is 1.96. The first-order valence-corrected chi connectivity index (χ1v) is 7.51.